The summed E-state index contributed by atoms with van der Waals surface area (Å²) in [5.41, 5.74) is 5.22. The average Bonchev–Trinajstić information content (AvgIpc) is 3.34. The molecule has 1 N–H and O–H groups in total. The molecule has 2 heterocycles. The minimum Gasteiger partial charge on any atom is -0.465 e. The molecular weight excluding hydrogens is 362 g/mol. The van der Waals surface area contributed by atoms with E-state index in [1.807, 2.05) is 48.5 Å². The molecule has 0 aliphatic carbocycles. The normalized spacial score (nSPS) is 11.1. The number of nitrogens with zero attached hydrogens (tertiary/aromatic N) is 2. The number of anilines is 1. The number of benzene rings is 2. The van der Waals surface area contributed by atoms with Crippen LogP contribution in [0.25, 0.3) is 21.5 Å². The van der Waals surface area contributed by atoms with Crippen LogP contribution in [0.15, 0.2) is 70.2 Å². The first-order chi connectivity index (χ1) is 13.2. The number of ether oxygens (including phenoxy) is 1. The summed E-state index contributed by atoms with van der Waals surface area (Å²) < 4.78 is 11.6. The van der Waals surface area contributed by atoms with Gasteiger partial charge in [-0.25, -0.2) is 9.78 Å². The molecule has 4 aromatic rings. The number of hydrogen-bond acceptors (Lipinski definition) is 7. The highest BCUT2D eigenvalue weighted by Gasteiger charge is 2.08. The third kappa shape index (κ3) is 3.73. The Balaban J connectivity index is 1.44. The zero-order valence-corrected chi connectivity index (χ0v) is 15.2. The largest absolute Gasteiger partial charge is 0.465 e. The molecular formula is C20H15N3O3S. The number of hydrogen-bond donors (Lipinski definition) is 1. The highest BCUT2D eigenvalue weighted by molar-refractivity contribution is 7.22. The maximum absolute atomic E-state index is 11.5. The van der Waals surface area contributed by atoms with Gasteiger partial charge in [-0.2, -0.15) is 5.10 Å². The molecule has 0 aliphatic heterocycles. The van der Waals surface area contributed by atoms with E-state index in [9.17, 15) is 4.79 Å². The van der Waals surface area contributed by atoms with Crippen molar-refractivity contribution in [1.82, 2.24) is 4.98 Å². The Morgan fingerprint density at radius 3 is 2.74 bits per heavy atom. The number of fused-ring (bicyclic) bond motifs is 1. The summed E-state index contributed by atoms with van der Waals surface area (Å²) in [4.78, 5) is 15.9. The lowest BCUT2D eigenvalue weighted by molar-refractivity contribution is 0.0600. The molecule has 0 bridgehead atoms. The van der Waals surface area contributed by atoms with Gasteiger partial charge >= 0.3 is 5.97 Å². The van der Waals surface area contributed by atoms with Gasteiger partial charge in [0.05, 0.1) is 29.1 Å². The van der Waals surface area contributed by atoms with E-state index in [4.69, 9.17) is 9.15 Å². The van der Waals surface area contributed by atoms with Gasteiger partial charge in [0.1, 0.15) is 11.5 Å². The van der Waals surface area contributed by atoms with Crippen molar-refractivity contribution in [3.63, 3.8) is 0 Å². The predicted molar refractivity (Wildman–Crippen MR) is 106 cm³/mol. The Hall–Kier alpha value is -3.45. The van der Waals surface area contributed by atoms with Gasteiger partial charge in [-0.05, 0) is 36.4 Å². The van der Waals surface area contributed by atoms with Crippen LogP contribution in [-0.4, -0.2) is 24.3 Å². The molecule has 0 atom stereocenters. The van der Waals surface area contributed by atoms with Crippen molar-refractivity contribution in [3.05, 3.63) is 72.0 Å². The zero-order chi connectivity index (χ0) is 18.6. The number of hydrazone groups is 1. The number of aromatic nitrogens is 1. The number of para-hydroxylation sites is 1. The third-order valence-electron chi connectivity index (χ3n) is 3.86. The number of furan rings is 1. The molecule has 0 amide bonds. The summed E-state index contributed by atoms with van der Waals surface area (Å²) in [6.45, 7) is 0. The first-order valence-electron chi connectivity index (χ1n) is 8.16. The molecule has 27 heavy (non-hydrogen) atoms. The van der Waals surface area contributed by atoms with E-state index in [2.05, 4.69) is 15.5 Å². The van der Waals surface area contributed by atoms with E-state index in [0.29, 0.717) is 17.1 Å². The van der Waals surface area contributed by atoms with Crippen molar-refractivity contribution < 1.29 is 13.9 Å². The number of methoxy groups -OCH3 is 1. The van der Waals surface area contributed by atoms with Gasteiger partial charge in [-0.3, -0.25) is 5.43 Å². The van der Waals surface area contributed by atoms with Crippen LogP contribution in [0.2, 0.25) is 0 Å². The lowest BCUT2D eigenvalue weighted by atomic mass is 10.1. The molecule has 0 fully saturated rings. The van der Waals surface area contributed by atoms with Gasteiger partial charge < -0.3 is 9.15 Å². The van der Waals surface area contributed by atoms with Gasteiger partial charge in [-0.15, -0.1) is 0 Å². The fraction of sp³-hybridized carbons (Fsp3) is 0.0500. The van der Waals surface area contributed by atoms with E-state index in [1.54, 1.807) is 18.3 Å². The summed E-state index contributed by atoms with van der Waals surface area (Å²) in [6.07, 6.45) is 1.60. The van der Waals surface area contributed by atoms with Crippen molar-refractivity contribution in [1.29, 1.82) is 0 Å². The second kappa shape index (κ2) is 7.43. The SMILES string of the molecule is COC(=O)c1ccc(-c2ccc(/C=N/Nc3nc4ccccc4s3)o2)cc1. The van der Waals surface area contributed by atoms with E-state index >= 15 is 0 Å². The van der Waals surface area contributed by atoms with Gasteiger partial charge in [0, 0.05) is 5.56 Å². The minimum absolute atomic E-state index is 0.366. The van der Waals surface area contributed by atoms with Crippen molar-refractivity contribution in [3.8, 4) is 11.3 Å². The Morgan fingerprint density at radius 2 is 1.96 bits per heavy atom. The Bertz CT molecular complexity index is 1080. The molecule has 0 unspecified atom stereocenters. The third-order valence-corrected chi connectivity index (χ3v) is 4.80. The van der Waals surface area contributed by atoms with Crippen LogP contribution in [0.5, 0.6) is 0 Å². The molecule has 0 saturated heterocycles. The van der Waals surface area contributed by atoms with Crippen molar-refractivity contribution in [2.24, 2.45) is 5.10 Å². The molecule has 4 rings (SSSR count). The molecule has 7 heteroatoms. The fourth-order valence-electron chi connectivity index (χ4n) is 2.54. The molecule has 6 nitrogen and oxygen atoms in total. The summed E-state index contributed by atoms with van der Waals surface area (Å²) in [6, 6.07) is 18.6. The first kappa shape index (κ1) is 17.0. The van der Waals surface area contributed by atoms with E-state index in [0.717, 1.165) is 20.9 Å². The summed E-state index contributed by atoms with van der Waals surface area (Å²) >= 11 is 1.54. The summed E-state index contributed by atoms with van der Waals surface area (Å²) in [5.74, 6) is 0.929. The quantitative estimate of drug-likeness (QED) is 0.307. The number of thiazole rings is 1. The lowest BCUT2D eigenvalue weighted by Gasteiger charge is -2.00. The van der Waals surface area contributed by atoms with Crippen LogP contribution < -0.4 is 5.43 Å². The Labute approximate surface area is 159 Å². The van der Waals surface area contributed by atoms with E-state index < -0.39 is 0 Å². The van der Waals surface area contributed by atoms with Gasteiger partial charge in [0.25, 0.3) is 0 Å². The number of carbonyl (C=O) groups is 1. The standard InChI is InChI=1S/C20H15N3O3S/c1-25-19(24)14-8-6-13(7-9-14)17-11-10-15(26-17)12-21-23-20-22-16-4-2-3-5-18(16)27-20/h2-12H,1H3,(H,22,23)/b21-12+. The lowest BCUT2D eigenvalue weighted by Crippen LogP contribution is -2.00. The number of carbonyl (C=O) groups excluding carboxylic acids is 1. The molecule has 2 aromatic heterocycles. The van der Waals surface area contributed by atoms with Crippen molar-refractivity contribution in [2.75, 3.05) is 12.5 Å². The molecule has 134 valence electrons. The molecule has 0 aliphatic rings. The van der Waals surface area contributed by atoms with Crippen LogP contribution in [-0.2, 0) is 4.74 Å². The van der Waals surface area contributed by atoms with Crippen LogP contribution in [0.3, 0.4) is 0 Å². The summed E-state index contributed by atoms with van der Waals surface area (Å²) in [7, 11) is 1.36. The van der Waals surface area contributed by atoms with Crippen LogP contribution in [0.1, 0.15) is 16.1 Å². The van der Waals surface area contributed by atoms with Gasteiger partial charge in [-0.1, -0.05) is 35.6 Å². The van der Waals surface area contributed by atoms with E-state index in [1.165, 1.54) is 18.4 Å². The second-order valence-electron chi connectivity index (χ2n) is 5.63. The topological polar surface area (TPSA) is 76.7 Å². The van der Waals surface area contributed by atoms with Crippen LogP contribution in [0.4, 0.5) is 5.13 Å². The van der Waals surface area contributed by atoms with Gasteiger partial charge in [0.2, 0.25) is 5.13 Å². The maximum Gasteiger partial charge on any atom is 0.337 e. The molecule has 0 radical (unpaired) electrons. The highest BCUT2D eigenvalue weighted by atomic mass is 32.1. The van der Waals surface area contributed by atoms with Crippen LogP contribution >= 0.6 is 11.3 Å². The number of esters is 1. The number of nitrogens with one attached hydrogen (secondary N) is 1. The monoisotopic (exact) mass is 377 g/mol. The van der Waals surface area contributed by atoms with Crippen molar-refractivity contribution in [2.45, 2.75) is 0 Å². The maximum atomic E-state index is 11.5. The highest BCUT2D eigenvalue weighted by Crippen LogP contribution is 2.25. The first-order valence-corrected chi connectivity index (χ1v) is 8.98. The molecule has 0 saturated carbocycles. The molecule has 2 aromatic carbocycles. The molecule has 0 spiro atoms. The summed E-state index contributed by atoms with van der Waals surface area (Å²) in [5, 5.41) is 4.90. The number of rotatable bonds is 5. The fourth-order valence-corrected chi connectivity index (χ4v) is 3.35. The minimum atomic E-state index is -0.366. The van der Waals surface area contributed by atoms with Gasteiger partial charge in [0.15, 0.2) is 0 Å². The van der Waals surface area contributed by atoms with E-state index in [-0.39, 0.29) is 5.97 Å². The Kier molecular flexibility index (Phi) is 4.67. The zero-order valence-electron chi connectivity index (χ0n) is 14.4. The smallest absolute Gasteiger partial charge is 0.337 e. The second-order valence-corrected chi connectivity index (χ2v) is 6.66. The van der Waals surface area contributed by atoms with Crippen molar-refractivity contribution >= 4 is 38.9 Å². The Morgan fingerprint density at radius 1 is 1.15 bits per heavy atom. The average molecular weight is 377 g/mol. The predicted octanol–water partition coefficient (Wildman–Crippen LogP) is 4.79. The van der Waals surface area contributed by atoms with Crippen LogP contribution in [0, 0.1) is 0 Å².